The Bertz CT molecular complexity index is 683. The highest BCUT2D eigenvalue weighted by molar-refractivity contribution is 6.04. The van der Waals surface area contributed by atoms with Gasteiger partial charge in [-0.3, -0.25) is 4.79 Å². The average molecular weight is 357 g/mol. The maximum atomic E-state index is 12.4. The van der Waals surface area contributed by atoms with Gasteiger partial charge in [0.15, 0.2) is 0 Å². The van der Waals surface area contributed by atoms with Gasteiger partial charge in [-0.05, 0) is 49.2 Å². The Kier molecular flexibility index (Phi) is 7.96. The van der Waals surface area contributed by atoms with Crippen LogP contribution in [-0.4, -0.2) is 32.3 Å². The molecule has 0 saturated heterocycles. The van der Waals surface area contributed by atoms with Crippen molar-refractivity contribution in [3.63, 3.8) is 0 Å². The summed E-state index contributed by atoms with van der Waals surface area (Å²) in [7, 11) is 0. The Labute approximate surface area is 155 Å². The van der Waals surface area contributed by atoms with Gasteiger partial charge < -0.3 is 19.5 Å². The van der Waals surface area contributed by atoms with Crippen molar-refractivity contribution < 1.29 is 19.0 Å². The highest BCUT2D eigenvalue weighted by Crippen LogP contribution is 2.19. The minimum atomic E-state index is -0.174. The zero-order chi connectivity index (χ0) is 18.8. The molecule has 2 aromatic carbocycles. The van der Waals surface area contributed by atoms with E-state index in [4.69, 9.17) is 14.2 Å². The van der Waals surface area contributed by atoms with Crippen LogP contribution in [0.3, 0.4) is 0 Å². The molecule has 0 aliphatic carbocycles. The standard InChI is InChI=1S/C21H27NO4/c1-4-24-12-13-25-19-10-8-17(9-11-19)21(23)22-18-6-5-7-20(14-18)26-15-16(2)3/h5-11,14,16H,4,12-13,15H2,1-3H3,(H,22,23). The molecule has 0 aromatic heterocycles. The summed E-state index contributed by atoms with van der Waals surface area (Å²) >= 11 is 0. The molecule has 2 aromatic rings. The van der Waals surface area contributed by atoms with Gasteiger partial charge in [0.05, 0.1) is 13.2 Å². The minimum absolute atomic E-state index is 0.174. The molecule has 1 amide bonds. The van der Waals surface area contributed by atoms with Gasteiger partial charge in [-0.15, -0.1) is 0 Å². The van der Waals surface area contributed by atoms with Crippen molar-refractivity contribution in [2.45, 2.75) is 20.8 Å². The van der Waals surface area contributed by atoms with Crippen LogP contribution >= 0.6 is 0 Å². The maximum Gasteiger partial charge on any atom is 0.255 e. The summed E-state index contributed by atoms with van der Waals surface area (Å²) in [4.78, 5) is 12.4. The molecule has 0 aliphatic rings. The Balaban J connectivity index is 1.90. The van der Waals surface area contributed by atoms with Gasteiger partial charge in [0.2, 0.25) is 0 Å². The molecule has 0 bridgehead atoms. The molecule has 26 heavy (non-hydrogen) atoms. The van der Waals surface area contributed by atoms with Gasteiger partial charge in [-0.25, -0.2) is 0 Å². The second-order valence-corrected chi connectivity index (χ2v) is 6.26. The molecule has 0 radical (unpaired) electrons. The van der Waals surface area contributed by atoms with Crippen LogP contribution in [0.15, 0.2) is 48.5 Å². The Morgan fingerprint density at radius 2 is 1.77 bits per heavy atom. The molecule has 0 fully saturated rings. The highest BCUT2D eigenvalue weighted by Gasteiger charge is 2.07. The molecule has 0 heterocycles. The number of ether oxygens (including phenoxy) is 3. The van der Waals surface area contributed by atoms with Gasteiger partial charge >= 0.3 is 0 Å². The van der Waals surface area contributed by atoms with Gasteiger partial charge in [-0.1, -0.05) is 19.9 Å². The van der Waals surface area contributed by atoms with E-state index < -0.39 is 0 Å². The van der Waals surface area contributed by atoms with E-state index in [9.17, 15) is 4.79 Å². The lowest BCUT2D eigenvalue weighted by molar-refractivity contribution is 0.102. The molecule has 140 valence electrons. The first-order chi connectivity index (χ1) is 12.6. The third-order valence-corrected chi connectivity index (χ3v) is 3.49. The first kappa shape index (κ1) is 19.8. The molecule has 5 nitrogen and oxygen atoms in total. The minimum Gasteiger partial charge on any atom is -0.493 e. The van der Waals surface area contributed by atoms with E-state index in [2.05, 4.69) is 19.2 Å². The van der Waals surface area contributed by atoms with Crippen molar-refractivity contribution >= 4 is 11.6 Å². The van der Waals surface area contributed by atoms with Crippen molar-refractivity contribution in [2.24, 2.45) is 5.92 Å². The number of anilines is 1. The largest absolute Gasteiger partial charge is 0.493 e. The van der Waals surface area contributed by atoms with E-state index in [0.717, 1.165) is 5.75 Å². The van der Waals surface area contributed by atoms with E-state index in [-0.39, 0.29) is 5.91 Å². The summed E-state index contributed by atoms with van der Waals surface area (Å²) in [5, 5.41) is 2.89. The second kappa shape index (κ2) is 10.5. The van der Waals surface area contributed by atoms with E-state index in [1.807, 2.05) is 31.2 Å². The molecular weight excluding hydrogens is 330 g/mol. The van der Waals surface area contributed by atoms with Crippen molar-refractivity contribution in [1.82, 2.24) is 0 Å². The first-order valence-corrected chi connectivity index (χ1v) is 8.93. The summed E-state index contributed by atoms with van der Waals surface area (Å²) in [6, 6.07) is 14.4. The average Bonchev–Trinajstić information content (AvgIpc) is 2.64. The van der Waals surface area contributed by atoms with Crippen LogP contribution in [-0.2, 0) is 4.74 Å². The lowest BCUT2D eigenvalue weighted by Gasteiger charge is -2.11. The number of hydrogen-bond donors (Lipinski definition) is 1. The predicted octanol–water partition coefficient (Wildman–Crippen LogP) is 4.39. The smallest absolute Gasteiger partial charge is 0.255 e. The summed E-state index contributed by atoms with van der Waals surface area (Å²) in [6.07, 6.45) is 0. The van der Waals surface area contributed by atoms with E-state index in [0.29, 0.717) is 49.3 Å². The molecule has 0 aliphatic heterocycles. The molecule has 0 atom stereocenters. The number of carbonyl (C=O) groups is 1. The van der Waals surface area contributed by atoms with Gasteiger partial charge in [0, 0.05) is 23.9 Å². The molecule has 0 saturated carbocycles. The predicted molar refractivity (Wildman–Crippen MR) is 103 cm³/mol. The van der Waals surface area contributed by atoms with Crippen LogP contribution < -0.4 is 14.8 Å². The summed E-state index contributed by atoms with van der Waals surface area (Å²) in [5.74, 6) is 1.73. The zero-order valence-corrected chi connectivity index (χ0v) is 15.7. The van der Waals surface area contributed by atoms with Crippen molar-refractivity contribution in [3.05, 3.63) is 54.1 Å². The van der Waals surface area contributed by atoms with Crippen LogP contribution in [0.4, 0.5) is 5.69 Å². The van der Waals surface area contributed by atoms with Crippen LogP contribution in [0.25, 0.3) is 0 Å². The normalized spacial score (nSPS) is 10.6. The van der Waals surface area contributed by atoms with Crippen LogP contribution in [0.2, 0.25) is 0 Å². The fourth-order valence-electron chi connectivity index (χ4n) is 2.20. The number of nitrogens with one attached hydrogen (secondary N) is 1. The summed E-state index contributed by atoms with van der Waals surface area (Å²) < 4.78 is 16.5. The number of hydrogen-bond acceptors (Lipinski definition) is 4. The number of rotatable bonds is 10. The van der Waals surface area contributed by atoms with Crippen molar-refractivity contribution in [3.8, 4) is 11.5 Å². The number of carbonyl (C=O) groups excluding carboxylic acids is 1. The SMILES string of the molecule is CCOCCOc1ccc(C(=O)Nc2cccc(OCC(C)C)c2)cc1. The van der Waals surface area contributed by atoms with Gasteiger partial charge in [0.1, 0.15) is 18.1 Å². The summed E-state index contributed by atoms with van der Waals surface area (Å²) in [6.45, 7) is 8.48. The zero-order valence-electron chi connectivity index (χ0n) is 15.7. The van der Waals surface area contributed by atoms with Crippen molar-refractivity contribution in [1.29, 1.82) is 0 Å². The monoisotopic (exact) mass is 357 g/mol. The first-order valence-electron chi connectivity index (χ1n) is 8.93. The van der Waals surface area contributed by atoms with E-state index in [1.165, 1.54) is 0 Å². The maximum absolute atomic E-state index is 12.4. The quantitative estimate of drug-likeness (QED) is 0.641. The van der Waals surface area contributed by atoms with Crippen LogP contribution in [0.5, 0.6) is 11.5 Å². The lowest BCUT2D eigenvalue weighted by atomic mass is 10.2. The number of amides is 1. The lowest BCUT2D eigenvalue weighted by Crippen LogP contribution is -2.12. The molecule has 1 N–H and O–H groups in total. The van der Waals surface area contributed by atoms with Gasteiger partial charge in [0.25, 0.3) is 5.91 Å². The van der Waals surface area contributed by atoms with Crippen LogP contribution in [0.1, 0.15) is 31.1 Å². The molecule has 0 spiro atoms. The Hall–Kier alpha value is -2.53. The third kappa shape index (κ3) is 6.76. The van der Waals surface area contributed by atoms with E-state index >= 15 is 0 Å². The third-order valence-electron chi connectivity index (χ3n) is 3.49. The number of benzene rings is 2. The van der Waals surface area contributed by atoms with E-state index in [1.54, 1.807) is 24.3 Å². The van der Waals surface area contributed by atoms with Gasteiger partial charge in [-0.2, -0.15) is 0 Å². The molecule has 5 heteroatoms. The Morgan fingerprint density at radius 3 is 2.46 bits per heavy atom. The topological polar surface area (TPSA) is 56.8 Å². The molecule has 2 rings (SSSR count). The van der Waals surface area contributed by atoms with Crippen LogP contribution in [0, 0.1) is 5.92 Å². The fraction of sp³-hybridized carbons (Fsp3) is 0.381. The summed E-state index contributed by atoms with van der Waals surface area (Å²) in [5.41, 5.74) is 1.27. The second-order valence-electron chi connectivity index (χ2n) is 6.26. The van der Waals surface area contributed by atoms with Crippen molar-refractivity contribution in [2.75, 3.05) is 31.7 Å². The Morgan fingerprint density at radius 1 is 1.00 bits per heavy atom. The molecular formula is C21H27NO4. The molecule has 0 unspecified atom stereocenters. The fourth-order valence-corrected chi connectivity index (χ4v) is 2.20. The highest BCUT2D eigenvalue weighted by atomic mass is 16.5.